The predicted molar refractivity (Wildman–Crippen MR) is 134 cm³/mol. The molecule has 4 nitrogen and oxygen atoms in total. The smallest absolute Gasteiger partial charge is 0.267 e. The summed E-state index contributed by atoms with van der Waals surface area (Å²) < 4.78 is 1.03. The molecule has 0 unspecified atom stereocenters. The SMILES string of the molecule is Cc1ccc(/C=N/N(C(=O)c2cccc3ccccc23)c2nc3ccc(C)cc3s2)cc1. The van der Waals surface area contributed by atoms with E-state index in [1.807, 2.05) is 92.7 Å². The Hall–Kier alpha value is -3.83. The lowest BCUT2D eigenvalue weighted by Gasteiger charge is -2.15. The van der Waals surface area contributed by atoms with Gasteiger partial charge in [0.05, 0.1) is 16.4 Å². The maximum Gasteiger partial charge on any atom is 0.281 e. The fourth-order valence-electron chi connectivity index (χ4n) is 3.60. The first kappa shape index (κ1) is 20.1. The van der Waals surface area contributed by atoms with Crippen LogP contribution >= 0.6 is 11.3 Å². The van der Waals surface area contributed by atoms with Gasteiger partial charge in [-0.05, 0) is 53.9 Å². The highest BCUT2D eigenvalue weighted by Crippen LogP contribution is 2.31. The number of nitrogens with zero attached hydrogens (tertiary/aromatic N) is 3. The van der Waals surface area contributed by atoms with E-state index in [9.17, 15) is 4.79 Å². The second kappa shape index (κ2) is 8.36. The third kappa shape index (κ3) is 3.90. The van der Waals surface area contributed by atoms with Gasteiger partial charge in [0.25, 0.3) is 5.91 Å². The van der Waals surface area contributed by atoms with E-state index >= 15 is 0 Å². The average Bonchev–Trinajstić information content (AvgIpc) is 3.22. The number of hydrogen-bond acceptors (Lipinski definition) is 4. The maximum atomic E-state index is 13.8. The third-order valence-electron chi connectivity index (χ3n) is 5.33. The summed E-state index contributed by atoms with van der Waals surface area (Å²) in [5.41, 5.74) is 4.70. The van der Waals surface area contributed by atoms with E-state index in [1.165, 1.54) is 21.9 Å². The van der Waals surface area contributed by atoms with Crippen LogP contribution in [0.25, 0.3) is 21.0 Å². The number of hydrogen-bond donors (Lipinski definition) is 0. The van der Waals surface area contributed by atoms with Gasteiger partial charge in [0, 0.05) is 5.56 Å². The summed E-state index contributed by atoms with van der Waals surface area (Å²) in [7, 11) is 0. The summed E-state index contributed by atoms with van der Waals surface area (Å²) in [6.07, 6.45) is 1.71. The van der Waals surface area contributed by atoms with Crippen LogP contribution in [-0.4, -0.2) is 17.1 Å². The monoisotopic (exact) mass is 435 g/mol. The highest BCUT2D eigenvalue weighted by Gasteiger charge is 2.22. The second-order valence-electron chi connectivity index (χ2n) is 7.77. The van der Waals surface area contributed by atoms with Gasteiger partial charge in [0.2, 0.25) is 5.13 Å². The molecule has 1 aromatic heterocycles. The Morgan fingerprint density at radius 1 is 0.906 bits per heavy atom. The zero-order chi connectivity index (χ0) is 22.1. The summed E-state index contributed by atoms with van der Waals surface area (Å²) in [5, 5.41) is 8.48. The molecule has 0 aliphatic rings. The fraction of sp³-hybridized carbons (Fsp3) is 0.0741. The molecule has 32 heavy (non-hydrogen) atoms. The largest absolute Gasteiger partial charge is 0.281 e. The number of benzene rings is 4. The van der Waals surface area contributed by atoms with Crippen LogP contribution in [-0.2, 0) is 0 Å². The van der Waals surface area contributed by atoms with Crippen molar-refractivity contribution in [1.29, 1.82) is 0 Å². The molecule has 5 heteroatoms. The Morgan fingerprint density at radius 3 is 2.50 bits per heavy atom. The summed E-state index contributed by atoms with van der Waals surface area (Å²) >= 11 is 1.47. The lowest BCUT2D eigenvalue weighted by atomic mass is 10.0. The molecule has 156 valence electrons. The van der Waals surface area contributed by atoms with Crippen molar-refractivity contribution in [2.24, 2.45) is 5.10 Å². The quantitative estimate of drug-likeness (QED) is 0.232. The summed E-state index contributed by atoms with van der Waals surface area (Å²) in [5.74, 6) is -0.207. The molecule has 5 rings (SSSR count). The summed E-state index contributed by atoms with van der Waals surface area (Å²) in [4.78, 5) is 18.5. The number of amides is 1. The molecule has 0 bridgehead atoms. The minimum absolute atomic E-state index is 0.207. The van der Waals surface area contributed by atoms with Crippen molar-refractivity contribution in [2.75, 3.05) is 5.01 Å². The van der Waals surface area contributed by atoms with Gasteiger partial charge in [0.1, 0.15) is 0 Å². The van der Waals surface area contributed by atoms with E-state index < -0.39 is 0 Å². The zero-order valence-corrected chi connectivity index (χ0v) is 18.6. The van der Waals surface area contributed by atoms with Crippen LogP contribution in [0.15, 0.2) is 90.0 Å². The molecule has 5 aromatic rings. The maximum absolute atomic E-state index is 13.8. The molecule has 1 amide bonds. The number of anilines is 1. The van der Waals surface area contributed by atoms with Gasteiger partial charge < -0.3 is 0 Å². The van der Waals surface area contributed by atoms with Crippen molar-refractivity contribution in [3.05, 3.63) is 107 Å². The third-order valence-corrected chi connectivity index (χ3v) is 6.32. The number of fused-ring (bicyclic) bond motifs is 2. The second-order valence-corrected chi connectivity index (χ2v) is 8.78. The Labute approximate surface area is 190 Å². The molecule has 0 aliphatic carbocycles. The van der Waals surface area contributed by atoms with E-state index in [0.717, 1.165) is 32.1 Å². The van der Waals surface area contributed by atoms with Crippen molar-refractivity contribution in [2.45, 2.75) is 13.8 Å². The van der Waals surface area contributed by atoms with E-state index in [4.69, 9.17) is 4.98 Å². The minimum Gasteiger partial charge on any atom is -0.267 e. The van der Waals surface area contributed by atoms with Gasteiger partial charge in [-0.1, -0.05) is 83.6 Å². The standard InChI is InChI=1S/C27H21N3OS/c1-18-10-13-20(14-11-18)17-28-30(27-29-24-15-12-19(2)16-25(24)32-27)26(31)23-9-5-7-21-6-3-4-8-22(21)23/h3-17H,1-2H3/b28-17+. The molecule has 0 radical (unpaired) electrons. The first-order valence-corrected chi connectivity index (χ1v) is 11.2. The fourth-order valence-corrected chi connectivity index (χ4v) is 4.62. The first-order valence-electron chi connectivity index (χ1n) is 10.4. The van der Waals surface area contributed by atoms with Crippen LogP contribution in [0, 0.1) is 13.8 Å². The lowest BCUT2D eigenvalue weighted by molar-refractivity contribution is 0.0989. The van der Waals surface area contributed by atoms with Gasteiger partial charge in [-0.2, -0.15) is 10.1 Å². The Balaban J connectivity index is 1.62. The van der Waals surface area contributed by atoms with Gasteiger partial charge >= 0.3 is 0 Å². The van der Waals surface area contributed by atoms with Crippen molar-refractivity contribution < 1.29 is 4.79 Å². The van der Waals surface area contributed by atoms with Crippen LogP contribution in [0.3, 0.4) is 0 Å². The van der Waals surface area contributed by atoms with Crippen molar-refractivity contribution >= 4 is 49.6 Å². The average molecular weight is 436 g/mol. The molecule has 0 saturated heterocycles. The van der Waals surface area contributed by atoms with Crippen molar-refractivity contribution in [3.63, 3.8) is 0 Å². The van der Waals surface area contributed by atoms with Crippen LogP contribution in [0.5, 0.6) is 0 Å². The Kier molecular flexibility index (Phi) is 5.25. The predicted octanol–water partition coefficient (Wildman–Crippen LogP) is 6.75. The molecule has 0 fully saturated rings. The van der Waals surface area contributed by atoms with Gasteiger partial charge in [0.15, 0.2) is 0 Å². The topological polar surface area (TPSA) is 45.6 Å². The van der Waals surface area contributed by atoms with Crippen LogP contribution in [0.4, 0.5) is 5.13 Å². The zero-order valence-electron chi connectivity index (χ0n) is 17.8. The highest BCUT2D eigenvalue weighted by atomic mass is 32.1. The number of aromatic nitrogens is 1. The van der Waals surface area contributed by atoms with E-state index in [1.54, 1.807) is 6.21 Å². The van der Waals surface area contributed by atoms with Gasteiger partial charge in [-0.3, -0.25) is 4.79 Å². The van der Waals surface area contributed by atoms with Gasteiger partial charge in [-0.15, -0.1) is 0 Å². The molecule has 0 saturated carbocycles. The van der Waals surface area contributed by atoms with Crippen LogP contribution in [0.2, 0.25) is 0 Å². The van der Waals surface area contributed by atoms with Gasteiger partial charge in [-0.25, -0.2) is 4.98 Å². The Morgan fingerprint density at radius 2 is 1.66 bits per heavy atom. The first-order chi connectivity index (χ1) is 15.6. The molecule has 4 aromatic carbocycles. The molecule has 0 aliphatic heterocycles. The number of rotatable bonds is 4. The van der Waals surface area contributed by atoms with Crippen LogP contribution < -0.4 is 5.01 Å². The van der Waals surface area contributed by atoms with Crippen molar-refractivity contribution in [1.82, 2.24) is 4.98 Å². The molecule has 1 heterocycles. The Bertz CT molecular complexity index is 1460. The highest BCUT2D eigenvalue weighted by molar-refractivity contribution is 7.22. The number of carbonyl (C=O) groups is 1. The van der Waals surface area contributed by atoms with E-state index in [0.29, 0.717) is 10.7 Å². The number of carbonyl (C=O) groups excluding carboxylic acids is 1. The van der Waals surface area contributed by atoms with Crippen molar-refractivity contribution in [3.8, 4) is 0 Å². The lowest BCUT2D eigenvalue weighted by Crippen LogP contribution is -2.25. The minimum atomic E-state index is -0.207. The number of thiazole rings is 1. The molecular weight excluding hydrogens is 414 g/mol. The summed E-state index contributed by atoms with van der Waals surface area (Å²) in [6, 6.07) is 27.8. The number of hydrazone groups is 1. The molecule has 0 N–H and O–H groups in total. The molecular formula is C27H21N3OS. The molecule has 0 atom stereocenters. The van der Waals surface area contributed by atoms with Crippen LogP contribution in [0.1, 0.15) is 27.0 Å². The number of aryl methyl sites for hydroxylation is 2. The van der Waals surface area contributed by atoms with E-state index in [-0.39, 0.29) is 5.91 Å². The van der Waals surface area contributed by atoms with E-state index in [2.05, 4.69) is 11.2 Å². The summed E-state index contributed by atoms with van der Waals surface area (Å²) in [6.45, 7) is 4.09. The normalized spacial score (nSPS) is 11.4. The molecule has 0 spiro atoms.